The summed E-state index contributed by atoms with van der Waals surface area (Å²) < 4.78 is 25.3. The average molecular weight is 966 g/mol. The van der Waals surface area contributed by atoms with Gasteiger partial charge in [0.05, 0.1) is 30.3 Å². The number of phenols is 3. The van der Waals surface area contributed by atoms with Gasteiger partial charge in [-0.1, -0.05) is 12.1 Å². The molecule has 16 nitrogen and oxygen atoms in total. The number of quaternary nitrogens is 1. The number of piperidine rings is 1. The maximum absolute atomic E-state index is 12.2. The van der Waals surface area contributed by atoms with Crippen molar-refractivity contribution in [2.75, 3.05) is 18.9 Å². The number of anilines is 1. The predicted octanol–water partition coefficient (Wildman–Crippen LogP) is 5.92. The van der Waals surface area contributed by atoms with Crippen LogP contribution in [0.4, 0.5) is 5.82 Å². The zero-order valence-corrected chi connectivity index (χ0v) is 40.2. The summed E-state index contributed by atoms with van der Waals surface area (Å²) in [7, 11) is 0. The van der Waals surface area contributed by atoms with Crippen LogP contribution in [-0.2, 0) is 33.5 Å². The van der Waals surface area contributed by atoms with E-state index in [4.69, 9.17) is 34.7 Å². The van der Waals surface area contributed by atoms with Crippen molar-refractivity contribution in [3.05, 3.63) is 119 Å². The maximum Gasteiger partial charge on any atom is 0.302 e. The first-order chi connectivity index (χ1) is 34.5. The molecule has 8 N–H and O–H groups in total. The molecule has 2 aromatic heterocycles. The standard InChI is InChI=1S/C55H64N8O8/c1-32(64)69-41-27-39(70-47(28-41)37-25-46(66)52(67)49(26-37)68-21-16-35-5-2-17-57-30-35)11-6-34-7-13-45(65)48(22-34)71-40-12-10-38-9-8-36-24-44-42-15-20-58-43(42)31-63(44)53-51(36)55(38,29-40)62-54(61-53)60-18-3-4-33-14-19-59-50(56)23-33/h2,5,7,13-15,17,19-20,22-23,25-26,30-31,36,38-41,44,47,51,53,65-67H,3-4,6,8-12,16,18,21,24,27-29H2,1H3,(H2,56,59)(H2,60,61,62)/p+1. The molecule has 1 spiro atoms. The lowest BCUT2D eigenvalue weighted by Crippen LogP contribution is -3.20. The van der Waals surface area contributed by atoms with Crippen molar-refractivity contribution < 1.29 is 44.0 Å². The van der Waals surface area contributed by atoms with E-state index in [9.17, 15) is 20.1 Å². The molecule has 11 atom stereocenters. The molecule has 11 unspecified atom stereocenters. The largest absolute Gasteiger partial charge is 0.504 e. The third-order valence-corrected chi connectivity index (χ3v) is 16.2. The van der Waals surface area contributed by atoms with Crippen molar-refractivity contribution in [3.8, 4) is 28.7 Å². The van der Waals surface area contributed by atoms with E-state index in [1.807, 2.05) is 42.6 Å². The Hall–Kier alpha value is -6.65. The molecule has 5 fully saturated rings. The van der Waals surface area contributed by atoms with Gasteiger partial charge < -0.3 is 50.6 Å². The minimum absolute atomic E-state index is 0.104. The number of aliphatic imine (C=N–C) groups is 2. The molecule has 372 valence electrons. The minimum atomic E-state index is -0.539. The number of guanidine groups is 1. The zero-order chi connectivity index (χ0) is 48.6. The number of aromatic hydroxyl groups is 3. The number of hydrogen-bond donors (Lipinski definition) is 7. The molecule has 11 rings (SSSR count). The summed E-state index contributed by atoms with van der Waals surface area (Å²) in [6.45, 7) is 2.33. The Kier molecular flexibility index (Phi) is 13.1. The van der Waals surface area contributed by atoms with Crippen molar-refractivity contribution in [3.63, 3.8) is 0 Å². The first-order valence-corrected chi connectivity index (χ1v) is 25.6. The predicted molar refractivity (Wildman–Crippen MR) is 266 cm³/mol. The van der Waals surface area contributed by atoms with E-state index in [1.165, 1.54) is 29.9 Å². The Morgan fingerprint density at radius 1 is 0.944 bits per heavy atom. The second-order valence-corrected chi connectivity index (χ2v) is 20.6. The summed E-state index contributed by atoms with van der Waals surface area (Å²) in [5.41, 5.74) is 11.9. The molecule has 7 aliphatic rings. The average Bonchev–Trinajstić information content (AvgIpc) is 3.97. The second-order valence-electron chi connectivity index (χ2n) is 20.6. The van der Waals surface area contributed by atoms with Crippen molar-refractivity contribution >= 4 is 24.0 Å². The second kappa shape index (κ2) is 19.9. The lowest BCUT2D eigenvalue weighted by atomic mass is 9.52. The SMILES string of the molecule is CC(=O)OC1CC(CCc2ccc(O)c(OC3CCC4CCC5CC6C7=CC=NC7=C[NH+]6C6NC(=NCCCc7ccnc(N)c7)NC4(C3)C56)c2)OC(c2cc(O)c(O)c(OCCc3cccnc3)c2)C1. The Bertz CT molecular complexity index is 2750. The van der Waals surface area contributed by atoms with Crippen LogP contribution in [0.15, 0.2) is 107 Å². The number of allylic oxidation sites excluding steroid dienone is 1. The van der Waals surface area contributed by atoms with Gasteiger partial charge in [0, 0.05) is 76.0 Å². The number of nitrogen functional groups attached to an aromatic ring is 1. The molecule has 2 saturated carbocycles. The molecular formula is C55H65N8O8+. The Morgan fingerprint density at radius 3 is 2.69 bits per heavy atom. The number of aromatic nitrogens is 2. The number of aryl methyl sites for hydroxylation is 2. The summed E-state index contributed by atoms with van der Waals surface area (Å²) in [5.74, 6) is 2.38. The smallest absolute Gasteiger partial charge is 0.302 e. The summed E-state index contributed by atoms with van der Waals surface area (Å²) in [6, 6.07) is 16.9. The molecular weight excluding hydrogens is 901 g/mol. The Labute approximate surface area is 414 Å². The fourth-order valence-corrected chi connectivity index (χ4v) is 13.1. The number of ether oxygens (including phenoxy) is 4. The van der Waals surface area contributed by atoms with Crippen LogP contribution < -0.4 is 30.7 Å². The van der Waals surface area contributed by atoms with E-state index in [-0.39, 0.29) is 59.5 Å². The van der Waals surface area contributed by atoms with Gasteiger partial charge in [0.25, 0.3) is 0 Å². The number of nitrogens with one attached hydrogen (secondary N) is 3. The van der Waals surface area contributed by atoms with Gasteiger partial charge in [-0.05, 0) is 134 Å². The third kappa shape index (κ3) is 9.75. The highest BCUT2D eigenvalue weighted by atomic mass is 16.6. The Balaban J connectivity index is 0.788. The van der Waals surface area contributed by atoms with Gasteiger partial charge in [-0.25, -0.2) is 4.98 Å². The van der Waals surface area contributed by atoms with Gasteiger partial charge >= 0.3 is 5.97 Å². The van der Waals surface area contributed by atoms with Crippen LogP contribution in [-0.4, -0.2) is 92.6 Å². The first-order valence-electron chi connectivity index (χ1n) is 25.6. The topological polar surface area (TPSA) is 220 Å². The van der Waals surface area contributed by atoms with Crippen molar-refractivity contribution in [1.82, 2.24) is 20.6 Å². The van der Waals surface area contributed by atoms with E-state index < -0.39 is 12.2 Å². The van der Waals surface area contributed by atoms with Crippen LogP contribution in [0.3, 0.4) is 0 Å². The number of hydrogen-bond acceptors (Lipinski definition) is 13. The van der Waals surface area contributed by atoms with Gasteiger partial charge in [-0.2, -0.15) is 0 Å². The minimum Gasteiger partial charge on any atom is -0.504 e. The fraction of sp³-hybridized carbons (Fsp3) is 0.473. The van der Waals surface area contributed by atoms with E-state index in [0.717, 1.165) is 73.3 Å². The fourth-order valence-electron chi connectivity index (χ4n) is 13.1. The molecule has 2 aliphatic carbocycles. The lowest BCUT2D eigenvalue weighted by molar-refractivity contribution is -0.907. The van der Waals surface area contributed by atoms with Gasteiger partial charge in [0.15, 0.2) is 35.1 Å². The summed E-state index contributed by atoms with van der Waals surface area (Å²) in [6.07, 6.45) is 21.0. The highest BCUT2D eigenvalue weighted by Gasteiger charge is 2.66. The number of carbonyl (C=O) groups is 1. The summed E-state index contributed by atoms with van der Waals surface area (Å²) in [5, 5.41) is 40.9. The highest BCUT2D eigenvalue weighted by molar-refractivity contribution is 5.82. The molecule has 0 radical (unpaired) electrons. The van der Waals surface area contributed by atoms with Crippen molar-refractivity contribution in [2.24, 2.45) is 27.7 Å². The molecule has 0 amide bonds. The summed E-state index contributed by atoms with van der Waals surface area (Å²) in [4.78, 5) is 32.0. The van der Waals surface area contributed by atoms with Crippen molar-refractivity contribution in [1.29, 1.82) is 0 Å². The van der Waals surface area contributed by atoms with E-state index in [1.54, 1.807) is 30.7 Å². The van der Waals surface area contributed by atoms with Crippen LogP contribution in [0.1, 0.15) is 99.5 Å². The zero-order valence-electron chi connectivity index (χ0n) is 40.2. The van der Waals surface area contributed by atoms with Gasteiger partial charge in [-0.15, -0.1) is 0 Å². The molecule has 3 saturated heterocycles. The normalized spacial score (nSPS) is 30.6. The molecule has 0 bridgehead atoms. The lowest BCUT2D eigenvalue weighted by Gasteiger charge is -2.63. The number of esters is 1. The van der Waals surface area contributed by atoms with Crippen LogP contribution in [0.25, 0.3) is 0 Å². The molecule has 4 aromatic rings. The summed E-state index contributed by atoms with van der Waals surface area (Å²) >= 11 is 0. The monoisotopic (exact) mass is 965 g/mol. The number of nitrogens with two attached hydrogens (primary N) is 1. The Morgan fingerprint density at radius 2 is 1.83 bits per heavy atom. The van der Waals surface area contributed by atoms with Gasteiger partial charge in [0.1, 0.15) is 36.0 Å². The number of nitrogens with zero attached hydrogens (tertiary/aromatic N) is 4. The van der Waals surface area contributed by atoms with Crippen LogP contribution >= 0.6 is 0 Å². The highest BCUT2D eigenvalue weighted by Crippen LogP contribution is 2.55. The van der Waals surface area contributed by atoms with Crippen molar-refractivity contribution in [2.45, 2.75) is 133 Å². The number of phenolic OH excluding ortho intramolecular Hbond substituents is 3. The maximum atomic E-state index is 12.2. The van der Waals surface area contributed by atoms with Gasteiger partial charge in [-0.3, -0.25) is 24.7 Å². The first kappa shape index (κ1) is 46.7. The molecule has 16 heteroatoms. The molecule has 71 heavy (non-hydrogen) atoms. The number of pyridine rings is 2. The van der Waals surface area contributed by atoms with Crippen LogP contribution in [0, 0.1) is 17.8 Å². The van der Waals surface area contributed by atoms with Gasteiger partial charge in [0.2, 0.25) is 5.75 Å². The van der Waals surface area contributed by atoms with Crippen LogP contribution in [0.5, 0.6) is 28.7 Å². The molecule has 2 aromatic carbocycles. The quantitative estimate of drug-likeness (QED) is 0.0418. The molecule has 7 heterocycles. The molecule has 5 aliphatic heterocycles. The third-order valence-electron chi connectivity index (χ3n) is 16.2. The number of rotatable bonds is 15. The van der Waals surface area contributed by atoms with E-state index in [0.29, 0.717) is 79.6 Å². The number of benzene rings is 2. The van der Waals surface area contributed by atoms with Crippen LogP contribution in [0.2, 0.25) is 0 Å². The van der Waals surface area contributed by atoms with E-state index in [2.05, 4.69) is 32.9 Å². The number of fused-ring (bicyclic) bond motifs is 4. The number of carbonyl (C=O) groups excluding carboxylic acids is 1. The van der Waals surface area contributed by atoms with E-state index >= 15 is 0 Å².